The van der Waals surface area contributed by atoms with Crippen LogP contribution < -0.4 is 10.6 Å². The number of nitrogens with zero attached hydrogens (tertiary/aromatic N) is 2. The molecule has 0 radical (unpaired) electrons. The van der Waals surface area contributed by atoms with Crippen LogP contribution in [0.4, 0.5) is 4.79 Å². The highest BCUT2D eigenvalue weighted by molar-refractivity contribution is 6.07. The number of fused-ring (bicyclic) bond motifs is 5. The van der Waals surface area contributed by atoms with Gasteiger partial charge in [-0.2, -0.15) is 0 Å². The summed E-state index contributed by atoms with van der Waals surface area (Å²) in [5.41, 5.74) is -0.820. The number of rotatable bonds is 3. The Morgan fingerprint density at radius 1 is 1.07 bits per heavy atom. The largest absolute Gasteiger partial charge is 0.479 e. The van der Waals surface area contributed by atoms with E-state index >= 15 is 0 Å². The molecule has 3 aliphatic heterocycles. The maximum Gasteiger partial charge on any atom is 0.408 e. The summed E-state index contributed by atoms with van der Waals surface area (Å²) < 4.78 is 5.47. The van der Waals surface area contributed by atoms with Crippen LogP contribution in [0.3, 0.4) is 0 Å². The van der Waals surface area contributed by atoms with Gasteiger partial charge < -0.3 is 35.3 Å². The van der Waals surface area contributed by atoms with Crippen molar-refractivity contribution in [3.63, 3.8) is 0 Å². The fourth-order valence-corrected chi connectivity index (χ4v) is 7.40. The predicted octanol–water partition coefficient (Wildman–Crippen LogP) is 3.44. The number of carbonyl (C=O) groups excluding carboxylic acids is 4. The molecule has 6 rings (SSSR count). The Kier molecular flexibility index (Phi) is 8.32. The lowest BCUT2D eigenvalue weighted by Crippen LogP contribution is -2.58. The van der Waals surface area contributed by atoms with Crippen LogP contribution >= 0.6 is 0 Å². The maximum absolute atomic E-state index is 14.3. The number of carbonyl (C=O) groups is 5. The number of H-pyrrole nitrogens is 1. The number of para-hydroxylation sites is 1. The molecule has 4 aliphatic rings. The molecule has 4 N–H and O–H groups in total. The molecule has 0 bridgehead atoms. The molecule has 1 aromatic heterocycles. The highest BCUT2D eigenvalue weighted by Crippen LogP contribution is 2.46. The van der Waals surface area contributed by atoms with Gasteiger partial charge in [-0.15, -0.1) is 0 Å². The molecule has 1 aliphatic carbocycles. The smallest absolute Gasteiger partial charge is 0.408 e. The van der Waals surface area contributed by atoms with E-state index in [-0.39, 0.29) is 37.3 Å². The summed E-state index contributed by atoms with van der Waals surface area (Å²) in [7, 11) is 0. The highest BCUT2D eigenvalue weighted by atomic mass is 16.6. The first-order chi connectivity index (χ1) is 21.9. The molecular weight excluding hydrogens is 590 g/mol. The predicted molar refractivity (Wildman–Crippen MR) is 169 cm³/mol. The first-order valence-corrected chi connectivity index (χ1v) is 16.3. The number of aromatic nitrogens is 1. The second-order valence-corrected chi connectivity index (χ2v) is 14.2. The number of hydrogen-bond acceptors (Lipinski definition) is 6. The van der Waals surface area contributed by atoms with E-state index in [2.05, 4.69) is 15.6 Å². The van der Waals surface area contributed by atoms with E-state index in [1.54, 1.807) is 31.9 Å². The Morgan fingerprint density at radius 2 is 1.85 bits per heavy atom. The molecule has 1 saturated carbocycles. The minimum atomic E-state index is -1.44. The van der Waals surface area contributed by atoms with Crippen molar-refractivity contribution in [2.75, 3.05) is 19.6 Å². The van der Waals surface area contributed by atoms with Gasteiger partial charge in [0.1, 0.15) is 23.2 Å². The number of likely N-dealkylation sites (tertiary alicyclic amines) is 1. The SMILES string of the molecule is CC(C)(C)OC(=O)N[C@@H]1CCCCC/C=C\[C@@H]2C[C@@]2(C(=O)O)NC(=O)[C@@H]2[C@H]3CN(C(=O)c4c[nH]c5ccccc45)C[C@H]3CN2C1=O. The molecule has 12 nitrogen and oxygen atoms in total. The number of aliphatic carboxylic acids is 1. The highest BCUT2D eigenvalue weighted by Gasteiger charge is 2.62. The van der Waals surface area contributed by atoms with E-state index in [4.69, 9.17) is 4.74 Å². The summed E-state index contributed by atoms with van der Waals surface area (Å²) in [6.07, 6.45) is 8.54. The summed E-state index contributed by atoms with van der Waals surface area (Å²) in [4.78, 5) is 73.8. The molecule has 12 heteroatoms. The van der Waals surface area contributed by atoms with Crippen molar-refractivity contribution in [1.29, 1.82) is 0 Å². The number of hydrogen-bond donors (Lipinski definition) is 4. The van der Waals surface area contributed by atoms with Gasteiger partial charge in [-0.3, -0.25) is 14.4 Å². The van der Waals surface area contributed by atoms with Crippen LogP contribution in [-0.4, -0.2) is 92.5 Å². The molecule has 2 saturated heterocycles. The monoisotopic (exact) mass is 633 g/mol. The summed E-state index contributed by atoms with van der Waals surface area (Å²) in [6, 6.07) is 5.62. The topological polar surface area (TPSA) is 161 Å². The number of nitrogens with one attached hydrogen (secondary N) is 3. The summed E-state index contributed by atoms with van der Waals surface area (Å²) >= 11 is 0. The van der Waals surface area contributed by atoms with E-state index in [0.29, 0.717) is 24.9 Å². The fourth-order valence-electron chi connectivity index (χ4n) is 7.40. The molecule has 4 amide bonds. The Bertz CT molecular complexity index is 1580. The molecular formula is C34H43N5O7. The number of benzene rings is 1. The van der Waals surface area contributed by atoms with E-state index in [0.717, 1.165) is 30.2 Å². The Labute approximate surface area is 267 Å². The standard InChI is InChI=1S/C34H43N5O7/c1-33(2,3)46-32(45)36-26-14-8-6-4-5-7-11-21-15-34(21,31(43)44)37-28(40)27-24-19-38(17-20(24)18-39(27)30(26)42)29(41)23-16-35-25-13-10-9-12-22(23)25/h7,9-13,16,20-21,24,26-27,35H,4-6,8,14-15,17-19H2,1-3H3,(H,36,45)(H,37,40)(H,43,44)/b11-7-/t20-,21+,24-,26+,27-,34+/m0/s1. The van der Waals surface area contributed by atoms with E-state index in [1.165, 1.54) is 4.90 Å². The minimum absolute atomic E-state index is 0.166. The fraction of sp³-hybridized carbons (Fsp3) is 0.559. The van der Waals surface area contributed by atoms with Gasteiger partial charge in [0, 0.05) is 54.5 Å². The average Bonchev–Trinajstić information content (AvgIpc) is 3.29. The maximum atomic E-state index is 14.3. The zero-order chi connectivity index (χ0) is 32.8. The molecule has 1 aromatic carbocycles. The number of carboxylic acids is 1. The van der Waals surface area contributed by atoms with Crippen molar-refractivity contribution in [2.45, 2.75) is 82.5 Å². The lowest BCUT2D eigenvalue weighted by atomic mass is 9.93. The van der Waals surface area contributed by atoms with E-state index in [1.807, 2.05) is 36.4 Å². The molecule has 0 unspecified atom stereocenters. The number of aromatic amines is 1. The zero-order valence-corrected chi connectivity index (χ0v) is 26.6. The van der Waals surface area contributed by atoms with Gasteiger partial charge in [0.15, 0.2) is 0 Å². The number of alkyl carbamates (subject to hydrolysis) is 1. The zero-order valence-electron chi connectivity index (χ0n) is 26.6. The third-order valence-electron chi connectivity index (χ3n) is 9.79. The second-order valence-electron chi connectivity index (χ2n) is 14.2. The third kappa shape index (κ3) is 6.09. The number of carboxylic acid groups (broad SMARTS) is 1. The molecule has 0 spiro atoms. The Hall–Kier alpha value is -4.35. The first-order valence-electron chi connectivity index (χ1n) is 16.3. The van der Waals surface area contributed by atoms with Gasteiger partial charge >= 0.3 is 12.1 Å². The molecule has 2 aromatic rings. The van der Waals surface area contributed by atoms with Crippen LogP contribution in [-0.2, 0) is 19.1 Å². The molecule has 246 valence electrons. The van der Waals surface area contributed by atoms with Crippen LogP contribution in [0.25, 0.3) is 10.9 Å². The number of amides is 4. The van der Waals surface area contributed by atoms with Crippen LogP contribution in [0.15, 0.2) is 42.6 Å². The van der Waals surface area contributed by atoms with Crippen molar-refractivity contribution in [2.24, 2.45) is 17.8 Å². The molecule has 46 heavy (non-hydrogen) atoms. The summed E-state index contributed by atoms with van der Waals surface area (Å²) in [5.74, 6) is -3.18. The summed E-state index contributed by atoms with van der Waals surface area (Å²) in [6.45, 7) is 6.01. The van der Waals surface area contributed by atoms with Gasteiger partial charge in [0.25, 0.3) is 5.91 Å². The number of allylic oxidation sites excluding steroid dienone is 1. The van der Waals surface area contributed by atoms with Gasteiger partial charge in [0.05, 0.1) is 5.56 Å². The lowest BCUT2D eigenvalue weighted by Gasteiger charge is -2.33. The Morgan fingerprint density at radius 3 is 2.61 bits per heavy atom. The van der Waals surface area contributed by atoms with Crippen molar-refractivity contribution in [3.05, 3.63) is 48.2 Å². The van der Waals surface area contributed by atoms with Gasteiger partial charge in [-0.05, 0) is 52.5 Å². The van der Waals surface area contributed by atoms with E-state index < -0.39 is 53.0 Å². The quantitative estimate of drug-likeness (QED) is 0.377. The first kappa shape index (κ1) is 31.6. The molecule has 6 atom stereocenters. The van der Waals surface area contributed by atoms with Crippen LogP contribution in [0.2, 0.25) is 0 Å². The van der Waals surface area contributed by atoms with Crippen LogP contribution in [0.5, 0.6) is 0 Å². The molecule has 3 fully saturated rings. The van der Waals surface area contributed by atoms with E-state index in [9.17, 15) is 29.1 Å². The molecule has 4 heterocycles. The van der Waals surface area contributed by atoms with Gasteiger partial charge in [-0.1, -0.05) is 43.2 Å². The van der Waals surface area contributed by atoms with Crippen LogP contribution in [0.1, 0.15) is 69.7 Å². The minimum Gasteiger partial charge on any atom is -0.479 e. The van der Waals surface area contributed by atoms with Crippen molar-refractivity contribution >= 4 is 40.7 Å². The second kappa shape index (κ2) is 12.1. The number of ether oxygens (including phenoxy) is 1. The normalized spacial score (nSPS) is 30.7. The van der Waals surface area contributed by atoms with Crippen molar-refractivity contribution < 1.29 is 33.8 Å². The third-order valence-corrected chi connectivity index (χ3v) is 9.79. The van der Waals surface area contributed by atoms with Gasteiger partial charge in [0.2, 0.25) is 11.8 Å². The van der Waals surface area contributed by atoms with Crippen molar-refractivity contribution in [3.8, 4) is 0 Å². The Balaban J connectivity index is 1.29. The van der Waals surface area contributed by atoms with Crippen molar-refractivity contribution in [1.82, 2.24) is 25.4 Å². The van der Waals surface area contributed by atoms with Crippen LogP contribution in [0, 0.1) is 17.8 Å². The lowest BCUT2D eigenvalue weighted by molar-refractivity contribution is -0.146. The van der Waals surface area contributed by atoms with Gasteiger partial charge in [-0.25, -0.2) is 9.59 Å². The summed E-state index contributed by atoms with van der Waals surface area (Å²) in [5, 5.41) is 16.6. The average molecular weight is 634 g/mol.